The van der Waals surface area contributed by atoms with Gasteiger partial charge in [-0.15, -0.1) is 0 Å². The summed E-state index contributed by atoms with van der Waals surface area (Å²) in [6, 6.07) is 0. The van der Waals surface area contributed by atoms with E-state index in [4.69, 9.17) is 53.1 Å². The molecule has 0 saturated heterocycles. The van der Waals surface area contributed by atoms with Crippen molar-refractivity contribution < 1.29 is 53.1 Å². The fourth-order valence-corrected chi connectivity index (χ4v) is 20.2. The molecule has 0 heterocycles. The van der Waals surface area contributed by atoms with E-state index in [-0.39, 0.29) is 10.3 Å². The van der Waals surface area contributed by atoms with Gasteiger partial charge < -0.3 is 53.1 Å². The highest BCUT2D eigenvalue weighted by Crippen LogP contribution is 2.41. The Morgan fingerprint density at radius 2 is 0.472 bits per heavy atom. The molecule has 12 nitrogen and oxygen atoms in total. The summed E-state index contributed by atoms with van der Waals surface area (Å²) in [4.78, 5) is 0. The fraction of sp³-hybridized carbons (Fsp3) is 1.00. The molecule has 218 valence electrons. The van der Waals surface area contributed by atoms with Gasteiger partial charge in [0.25, 0.3) is 0 Å². The maximum atomic E-state index is 5.78. The second-order valence-electron chi connectivity index (χ2n) is 7.96. The van der Waals surface area contributed by atoms with Crippen LogP contribution in [0, 0.1) is 0 Å². The Kier molecular flexibility index (Phi) is 18.1. The number of hydrogen-bond acceptors (Lipinski definition) is 12. The maximum absolute atomic E-state index is 5.78. The van der Waals surface area contributed by atoms with Crippen molar-refractivity contribution >= 4 is 35.2 Å². The lowest BCUT2D eigenvalue weighted by atomic mass is 10.1. The molecule has 0 aliphatic heterocycles. The third-order valence-corrected chi connectivity index (χ3v) is 22.5. The SMILES string of the molecule is CO[Si](OC)(OC)C(CCCCCCC([Si](OC)(OC)OC)[Si](OC)(OC)OC)[Si](OC)(OC)OC. The molecule has 0 unspecified atom stereocenters. The molecule has 16 heteroatoms. The predicted octanol–water partition coefficient (Wildman–Crippen LogP) is 2.66. The summed E-state index contributed by atoms with van der Waals surface area (Å²) in [7, 11) is 6.57. The molecular weight excluding hydrogens is 545 g/mol. The van der Waals surface area contributed by atoms with Crippen LogP contribution in [0.25, 0.3) is 0 Å². The first-order valence-corrected chi connectivity index (χ1v) is 19.0. The highest BCUT2D eigenvalue weighted by atomic mass is 28.5. The largest absolute Gasteiger partial charge is 0.507 e. The molecule has 0 fully saturated rings. The second kappa shape index (κ2) is 17.9. The monoisotopic (exact) mass is 594 g/mol. The van der Waals surface area contributed by atoms with Gasteiger partial charge in [0.1, 0.15) is 0 Å². The van der Waals surface area contributed by atoms with Crippen molar-refractivity contribution in [1.29, 1.82) is 0 Å². The van der Waals surface area contributed by atoms with Crippen LogP contribution in [-0.4, -0.2) is 121 Å². The van der Waals surface area contributed by atoms with Gasteiger partial charge in [0.2, 0.25) is 0 Å². The van der Waals surface area contributed by atoms with Crippen LogP contribution in [-0.2, 0) is 53.1 Å². The Morgan fingerprint density at radius 1 is 0.306 bits per heavy atom. The molecule has 0 N–H and O–H groups in total. The van der Waals surface area contributed by atoms with Gasteiger partial charge in [0.15, 0.2) is 0 Å². The lowest BCUT2D eigenvalue weighted by Gasteiger charge is -2.40. The van der Waals surface area contributed by atoms with E-state index in [0.717, 1.165) is 25.7 Å². The summed E-state index contributed by atoms with van der Waals surface area (Å²) >= 11 is 0. The molecule has 0 aliphatic rings. The molecule has 0 atom stereocenters. The average molecular weight is 595 g/mol. The molecule has 0 saturated carbocycles. The molecule has 0 aromatic rings. The Bertz CT molecular complexity index is 440. The highest BCUT2D eigenvalue weighted by Gasteiger charge is 2.64. The summed E-state index contributed by atoms with van der Waals surface area (Å²) in [6.07, 6.45) is 5.02. The lowest BCUT2D eigenvalue weighted by Crippen LogP contribution is -2.62. The van der Waals surface area contributed by atoms with Gasteiger partial charge in [0.05, 0.1) is 10.3 Å². The molecule has 0 amide bonds. The minimum atomic E-state index is -3.11. The zero-order valence-corrected chi connectivity index (χ0v) is 28.3. The first kappa shape index (κ1) is 36.4. The van der Waals surface area contributed by atoms with E-state index in [0.29, 0.717) is 12.8 Å². The molecule has 36 heavy (non-hydrogen) atoms. The van der Waals surface area contributed by atoms with Crippen LogP contribution in [0.5, 0.6) is 0 Å². The average Bonchev–Trinajstić information content (AvgIpc) is 2.94. The van der Waals surface area contributed by atoms with Crippen molar-refractivity contribution in [2.75, 3.05) is 85.3 Å². The molecule has 0 aliphatic carbocycles. The summed E-state index contributed by atoms with van der Waals surface area (Å²) in [5.74, 6) is 0. The molecular formula is C20H50O12Si4. The normalized spacial score (nSPS) is 13.8. The minimum Gasteiger partial charge on any atom is -0.377 e. The van der Waals surface area contributed by atoms with Crippen LogP contribution < -0.4 is 0 Å². The first-order chi connectivity index (χ1) is 17.2. The van der Waals surface area contributed by atoms with Crippen LogP contribution in [0.4, 0.5) is 0 Å². The minimum absolute atomic E-state index is 0.274. The lowest BCUT2D eigenvalue weighted by molar-refractivity contribution is 0.0761. The van der Waals surface area contributed by atoms with Crippen LogP contribution in [0.1, 0.15) is 38.5 Å². The van der Waals surface area contributed by atoms with Crippen molar-refractivity contribution in [3.05, 3.63) is 0 Å². The Balaban J connectivity index is 5.50. The predicted molar refractivity (Wildman–Crippen MR) is 142 cm³/mol. The highest BCUT2D eigenvalue weighted by molar-refractivity contribution is 6.83. The maximum Gasteiger partial charge on any atom is 0.507 e. The first-order valence-electron chi connectivity index (χ1n) is 11.8. The molecule has 0 aromatic heterocycles. The third kappa shape index (κ3) is 7.96. The third-order valence-electron chi connectivity index (χ3n) is 6.86. The van der Waals surface area contributed by atoms with Gasteiger partial charge in [-0.1, -0.05) is 25.7 Å². The van der Waals surface area contributed by atoms with Crippen molar-refractivity contribution in [3.63, 3.8) is 0 Å². The number of unbranched alkanes of at least 4 members (excludes halogenated alkanes) is 3. The summed E-state index contributed by atoms with van der Waals surface area (Å²) in [5.41, 5.74) is 0. The van der Waals surface area contributed by atoms with Gasteiger partial charge in [-0.25, -0.2) is 0 Å². The van der Waals surface area contributed by atoms with Crippen molar-refractivity contribution in [1.82, 2.24) is 0 Å². The summed E-state index contributed by atoms with van der Waals surface area (Å²) < 4.78 is 69.4. The quantitative estimate of drug-likeness (QED) is 0.128. The van der Waals surface area contributed by atoms with E-state index < -0.39 is 35.2 Å². The van der Waals surface area contributed by atoms with Crippen LogP contribution in [0.2, 0.25) is 10.3 Å². The van der Waals surface area contributed by atoms with Crippen molar-refractivity contribution in [3.8, 4) is 0 Å². The number of rotatable bonds is 23. The van der Waals surface area contributed by atoms with Crippen molar-refractivity contribution in [2.45, 2.75) is 48.9 Å². The van der Waals surface area contributed by atoms with E-state index in [2.05, 4.69) is 0 Å². The Morgan fingerprint density at radius 3 is 0.611 bits per heavy atom. The van der Waals surface area contributed by atoms with Gasteiger partial charge in [-0.3, -0.25) is 0 Å². The van der Waals surface area contributed by atoms with Gasteiger partial charge in [0, 0.05) is 85.3 Å². The van der Waals surface area contributed by atoms with Crippen LogP contribution >= 0.6 is 0 Å². The van der Waals surface area contributed by atoms with Crippen LogP contribution in [0.3, 0.4) is 0 Å². The van der Waals surface area contributed by atoms with E-state index in [1.54, 1.807) is 85.3 Å². The Hall–Kier alpha value is 0.388. The van der Waals surface area contributed by atoms with Gasteiger partial charge in [-0.05, 0) is 12.8 Å². The van der Waals surface area contributed by atoms with Gasteiger partial charge >= 0.3 is 35.2 Å². The zero-order valence-electron chi connectivity index (χ0n) is 24.3. The standard InChI is InChI=1S/C20H50O12Si4/c1-21-33(22-2,23-3)19(34(24-4,25-5)26-6)17-15-13-14-16-18-20(35(27-7,28-8)29-9)36(30-10,31-11)32-12/h19-20H,13-18H2,1-12H3. The smallest absolute Gasteiger partial charge is 0.377 e. The molecule has 0 bridgehead atoms. The fourth-order valence-electron chi connectivity index (χ4n) is 4.90. The van der Waals surface area contributed by atoms with E-state index in [1.807, 2.05) is 0 Å². The topological polar surface area (TPSA) is 111 Å². The van der Waals surface area contributed by atoms with E-state index >= 15 is 0 Å². The molecule has 0 spiro atoms. The zero-order chi connectivity index (χ0) is 27.9. The number of hydrogen-bond donors (Lipinski definition) is 0. The molecule has 0 radical (unpaired) electrons. The second-order valence-corrected chi connectivity index (χ2v) is 21.6. The summed E-state index contributed by atoms with van der Waals surface area (Å²) in [6.45, 7) is 0. The molecule has 0 rings (SSSR count). The van der Waals surface area contributed by atoms with Crippen LogP contribution in [0.15, 0.2) is 0 Å². The molecule has 0 aromatic carbocycles. The van der Waals surface area contributed by atoms with Crippen molar-refractivity contribution in [2.24, 2.45) is 0 Å². The van der Waals surface area contributed by atoms with E-state index in [9.17, 15) is 0 Å². The summed E-state index contributed by atoms with van der Waals surface area (Å²) in [5, 5.41) is -0.548. The van der Waals surface area contributed by atoms with Gasteiger partial charge in [-0.2, -0.15) is 0 Å². The Labute approximate surface area is 222 Å². The van der Waals surface area contributed by atoms with E-state index in [1.165, 1.54) is 0 Å².